The molecule has 25 heavy (non-hydrogen) atoms. The molecule has 0 fully saturated rings. The maximum atomic E-state index is 12.6. The van der Waals surface area contributed by atoms with Gasteiger partial charge < -0.3 is 19.7 Å². The number of para-hydroxylation sites is 1. The Morgan fingerprint density at radius 2 is 1.84 bits per heavy atom. The third kappa shape index (κ3) is 4.87. The molecule has 0 aromatic heterocycles. The molecule has 0 radical (unpaired) electrons. The molecular formula is C18H19ClN2O4. The molecule has 0 spiro atoms. The van der Waals surface area contributed by atoms with Crippen LogP contribution in [0.2, 0.25) is 5.02 Å². The quantitative estimate of drug-likeness (QED) is 0.857. The first-order chi connectivity index (χ1) is 11.9. The van der Waals surface area contributed by atoms with Crippen molar-refractivity contribution in [2.75, 3.05) is 33.1 Å². The van der Waals surface area contributed by atoms with Gasteiger partial charge in [-0.2, -0.15) is 0 Å². The maximum Gasteiger partial charge on any atom is 0.259 e. The molecule has 7 heteroatoms. The highest BCUT2D eigenvalue weighted by atomic mass is 35.5. The van der Waals surface area contributed by atoms with Crippen molar-refractivity contribution in [1.29, 1.82) is 0 Å². The summed E-state index contributed by atoms with van der Waals surface area (Å²) in [7, 11) is 4.77. The zero-order chi connectivity index (χ0) is 18.4. The number of amides is 2. The smallest absolute Gasteiger partial charge is 0.259 e. The zero-order valence-electron chi connectivity index (χ0n) is 14.2. The molecule has 132 valence electrons. The number of carbonyl (C=O) groups excluding carboxylic acids is 2. The van der Waals surface area contributed by atoms with E-state index in [4.69, 9.17) is 21.1 Å². The first-order valence-corrected chi connectivity index (χ1v) is 7.87. The number of nitrogens with zero attached hydrogens (tertiary/aromatic N) is 1. The Hall–Kier alpha value is -2.73. The van der Waals surface area contributed by atoms with E-state index in [0.717, 1.165) is 0 Å². The van der Waals surface area contributed by atoms with E-state index in [0.29, 0.717) is 27.8 Å². The molecule has 0 aliphatic carbocycles. The summed E-state index contributed by atoms with van der Waals surface area (Å²) in [6.07, 6.45) is 0. The number of hydrogen-bond donors (Lipinski definition) is 1. The molecule has 2 rings (SSSR count). The topological polar surface area (TPSA) is 67.9 Å². The number of nitrogens with one attached hydrogen (secondary N) is 1. The zero-order valence-corrected chi connectivity index (χ0v) is 15.0. The molecule has 0 unspecified atom stereocenters. The molecule has 1 N–H and O–H groups in total. The van der Waals surface area contributed by atoms with Gasteiger partial charge >= 0.3 is 0 Å². The second-order valence-electron chi connectivity index (χ2n) is 5.37. The Balaban J connectivity index is 2.20. The third-order valence-corrected chi connectivity index (χ3v) is 3.63. The van der Waals surface area contributed by atoms with E-state index in [1.54, 1.807) is 56.6 Å². The number of rotatable bonds is 6. The van der Waals surface area contributed by atoms with Crippen molar-refractivity contribution in [3.05, 3.63) is 53.1 Å². The minimum atomic E-state index is -0.395. The van der Waals surface area contributed by atoms with Gasteiger partial charge in [0.05, 0.1) is 18.4 Å². The first-order valence-electron chi connectivity index (χ1n) is 7.49. The fourth-order valence-corrected chi connectivity index (χ4v) is 2.19. The summed E-state index contributed by atoms with van der Waals surface area (Å²) in [5.74, 6) is 0.204. The van der Waals surface area contributed by atoms with Crippen molar-refractivity contribution in [2.45, 2.75) is 0 Å². The number of carbonyl (C=O) groups is 2. The van der Waals surface area contributed by atoms with Crippen LogP contribution in [0.3, 0.4) is 0 Å². The van der Waals surface area contributed by atoms with Crippen LogP contribution in [0.4, 0.5) is 5.69 Å². The van der Waals surface area contributed by atoms with Crippen molar-refractivity contribution < 1.29 is 19.1 Å². The molecule has 0 saturated heterocycles. The number of halogens is 1. The Labute approximate surface area is 151 Å². The van der Waals surface area contributed by atoms with Gasteiger partial charge in [-0.1, -0.05) is 23.7 Å². The number of likely N-dealkylation sites (N-methyl/N-ethyl adjacent to an activating group) is 1. The van der Waals surface area contributed by atoms with Crippen LogP contribution in [-0.4, -0.2) is 44.5 Å². The van der Waals surface area contributed by atoms with E-state index >= 15 is 0 Å². The number of benzene rings is 2. The van der Waals surface area contributed by atoms with Crippen LogP contribution in [0.25, 0.3) is 0 Å². The lowest BCUT2D eigenvalue weighted by Gasteiger charge is -2.15. The van der Waals surface area contributed by atoms with Crippen LogP contribution >= 0.6 is 11.6 Å². The summed E-state index contributed by atoms with van der Waals surface area (Å²) < 4.78 is 10.7. The van der Waals surface area contributed by atoms with Crippen molar-refractivity contribution in [2.24, 2.45) is 0 Å². The molecule has 2 aromatic carbocycles. The number of anilines is 1. The molecule has 2 aromatic rings. The molecule has 0 heterocycles. The number of ether oxygens (including phenoxy) is 2. The maximum absolute atomic E-state index is 12.6. The van der Waals surface area contributed by atoms with Crippen LogP contribution < -0.4 is 14.8 Å². The highest BCUT2D eigenvalue weighted by Crippen LogP contribution is 2.29. The third-order valence-electron chi connectivity index (χ3n) is 3.39. The van der Waals surface area contributed by atoms with Gasteiger partial charge in [0.25, 0.3) is 11.8 Å². The molecule has 0 aliphatic heterocycles. The van der Waals surface area contributed by atoms with Crippen LogP contribution in [0.15, 0.2) is 42.5 Å². The molecule has 0 bridgehead atoms. The Morgan fingerprint density at radius 1 is 1.12 bits per heavy atom. The van der Waals surface area contributed by atoms with Crippen molar-refractivity contribution in [1.82, 2.24) is 4.90 Å². The largest absolute Gasteiger partial charge is 0.495 e. The second-order valence-corrected chi connectivity index (χ2v) is 5.81. The molecule has 6 nitrogen and oxygen atoms in total. The van der Waals surface area contributed by atoms with Gasteiger partial charge in [-0.3, -0.25) is 9.59 Å². The van der Waals surface area contributed by atoms with Crippen molar-refractivity contribution in [3.63, 3.8) is 0 Å². The molecular weight excluding hydrogens is 344 g/mol. The highest BCUT2D eigenvalue weighted by Gasteiger charge is 2.16. The van der Waals surface area contributed by atoms with E-state index in [1.807, 2.05) is 0 Å². The van der Waals surface area contributed by atoms with Gasteiger partial charge in [0, 0.05) is 19.1 Å². The average molecular weight is 363 g/mol. The van der Waals surface area contributed by atoms with E-state index in [1.165, 1.54) is 12.0 Å². The van der Waals surface area contributed by atoms with Crippen molar-refractivity contribution >= 4 is 29.1 Å². The van der Waals surface area contributed by atoms with Crippen LogP contribution in [-0.2, 0) is 4.79 Å². The van der Waals surface area contributed by atoms with E-state index in [9.17, 15) is 9.59 Å². The lowest BCUT2D eigenvalue weighted by Crippen LogP contribution is -2.28. The normalized spacial score (nSPS) is 10.1. The van der Waals surface area contributed by atoms with Gasteiger partial charge in [0.2, 0.25) is 0 Å². The standard InChI is InChI=1S/C18H19ClN2O4/c1-21(2)17(22)11-25-15-7-5-4-6-13(15)18(23)20-14-10-12(19)8-9-16(14)24-3/h4-10H,11H2,1-3H3,(H,20,23). The van der Waals surface area contributed by atoms with E-state index in [-0.39, 0.29) is 12.5 Å². The summed E-state index contributed by atoms with van der Waals surface area (Å²) in [6.45, 7) is -0.155. The Morgan fingerprint density at radius 3 is 2.52 bits per heavy atom. The molecule has 0 saturated carbocycles. The minimum Gasteiger partial charge on any atom is -0.495 e. The van der Waals surface area contributed by atoms with Gasteiger partial charge in [0.1, 0.15) is 11.5 Å². The fraction of sp³-hybridized carbons (Fsp3) is 0.222. The Bertz CT molecular complexity index is 777. The van der Waals surface area contributed by atoms with E-state index < -0.39 is 5.91 Å². The SMILES string of the molecule is COc1ccc(Cl)cc1NC(=O)c1ccccc1OCC(=O)N(C)C. The summed E-state index contributed by atoms with van der Waals surface area (Å²) in [5, 5.41) is 3.22. The first kappa shape index (κ1) is 18.6. The van der Waals surface area contributed by atoms with Gasteiger partial charge in [-0.25, -0.2) is 0 Å². The minimum absolute atomic E-state index is 0.155. The molecule has 0 aliphatic rings. The van der Waals surface area contributed by atoms with Crippen LogP contribution in [0.1, 0.15) is 10.4 Å². The second kappa shape index (κ2) is 8.39. The monoisotopic (exact) mass is 362 g/mol. The summed E-state index contributed by atoms with van der Waals surface area (Å²) in [5.41, 5.74) is 0.746. The average Bonchev–Trinajstić information content (AvgIpc) is 2.60. The highest BCUT2D eigenvalue weighted by molar-refractivity contribution is 6.31. The number of methoxy groups -OCH3 is 1. The summed E-state index contributed by atoms with van der Waals surface area (Å²) in [6, 6.07) is 11.6. The predicted molar refractivity (Wildman–Crippen MR) is 96.6 cm³/mol. The summed E-state index contributed by atoms with van der Waals surface area (Å²) >= 11 is 5.98. The Kier molecular flexibility index (Phi) is 6.25. The number of hydrogen-bond acceptors (Lipinski definition) is 4. The van der Waals surface area contributed by atoms with Crippen molar-refractivity contribution in [3.8, 4) is 11.5 Å². The van der Waals surface area contributed by atoms with Gasteiger partial charge in [-0.15, -0.1) is 0 Å². The molecule has 0 atom stereocenters. The lowest BCUT2D eigenvalue weighted by molar-refractivity contribution is -0.130. The van der Waals surface area contributed by atoms with Gasteiger partial charge in [0.15, 0.2) is 6.61 Å². The summed E-state index contributed by atoms with van der Waals surface area (Å²) in [4.78, 5) is 25.7. The lowest BCUT2D eigenvalue weighted by atomic mass is 10.1. The molecule has 2 amide bonds. The fourth-order valence-electron chi connectivity index (χ4n) is 2.02. The van der Waals surface area contributed by atoms with Crippen LogP contribution in [0, 0.1) is 0 Å². The van der Waals surface area contributed by atoms with Crippen LogP contribution in [0.5, 0.6) is 11.5 Å². The predicted octanol–water partition coefficient (Wildman–Crippen LogP) is 3.07. The van der Waals surface area contributed by atoms with Gasteiger partial charge in [-0.05, 0) is 30.3 Å². The van der Waals surface area contributed by atoms with E-state index in [2.05, 4.69) is 5.32 Å².